The molecular formula is C11H18N4O2. The highest BCUT2D eigenvalue weighted by Crippen LogP contribution is 2.24. The van der Waals surface area contributed by atoms with Crippen molar-refractivity contribution in [3.05, 3.63) is 11.8 Å². The molecule has 6 nitrogen and oxygen atoms in total. The van der Waals surface area contributed by atoms with E-state index in [1.54, 1.807) is 4.90 Å². The lowest BCUT2D eigenvalue weighted by molar-refractivity contribution is 0.0632. The van der Waals surface area contributed by atoms with Crippen LogP contribution in [0.25, 0.3) is 0 Å². The molecule has 4 N–H and O–H groups in total. The second-order valence-electron chi connectivity index (χ2n) is 4.37. The Morgan fingerprint density at radius 2 is 2.29 bits per heavy atom. The molecule has 0 spiro atoms. The number of hydrogen-bond acceptors (Lipinski definition) is 4. The smallest absolute Gasteiger partial charge is 0.272 e. The van der Waals surface area contributed by atoms with Gasteiger partial charge in [0.05, 0.1) is 6.61 Å². The largest absolute Gasteiger partial charge is 0.395 e. The van der Waals surface area contributed by atoms with Gasteiger partial charge in [-0.3, -0.25) is 9.89 Å². The lowest BCUT2D eigenvalue weighted by Crippen LogP contribution is -2.40. The second-order valence-corrected chi connectivity index (χ2v) is 4.37. The van der Waals surface area contributed by atoms with Crippen molar-refractivity contribution in [2.75, 3.05) is 18.9 Å². The number of amides is 1. The van der Waals surface area contributed by atoms with Gasteiger partial charge in [0.2, 0.25) is 0 Å². The molecule has 1 aliphatic rings. The standard InChI is InChI=1S/C11H18N4O2/c12-10-7-9(13-14-10)11(17)15(5-6-16)8-3-1-2-4-8/h7-8,16H,1-6H2,(H3,12,13,14). The van der Waals surface area contributed by atoms with Crippen molar-refractivity contribution in [1.29, 1.82) is 0 Å². The number of aromatic amines is 1. The minimum absolute atomic E-state index is 0.0220. The second kappa shape index (κ2) is 5.18. The lowest BCUT2D eigenvalue weighted by Gasteiger charge is -2.27. The Morgan fingerprint density at radius 1 is 1.59 bits per heavy atom. The topological polar surface area (TPSA) is 95.2 Å². The molecule has 1 saturated carbocycles. The summed E-state index contributed by atoms with van der Waals surface area (Å²) in [6.45, 7) is 0.342. The maximum absolute atomic E-state index is 12.2. The van der Waals surface area contributed by atoms with Gasteiger partial charge in [-0.2, -0.15) is 5.10 Å². The van der Waals surface area contributed by atoms with Crippen LogP contribution in [-0.2, 0) is 0 Å². The zero-order chi connectivity index (χ0) is 12.3. The van der Waals surface area contributed by atoms with Gasteiger partial charge in [0, 0.05) is 18.7 Å². The van der Waals surface area contributed by atoms with Crippen molar-refractivity contribution in [2.24, 2.45) is 0 Å². The normalized spacial score (nSPS) is 16.3. The fourth-order valence-electron chi connectivity index (χ4n) is 2.38. The van der Waals surface area contributed by atoms with Crippen LogP contribution in [0.3, 0.4) is 0 Å². The van der Waals surface area contributed by atoms with Crippen molar-refractivity contribution >= 4 is 11.7 Å². The summed E-state index contributed by atoms with van der Waals surface area (Å²) in [6, 6.07) is 1.76. The van der Waals surface area contributed by atoms with E-state index in [-0.39, 0.29) is 18.6 Å². The molecule has 17 heavy (non-hydrogen) atoms. The van der Waals surface area contributed by atoms with Crippen molar-refractivity contribution in [3.63, 3.8) is 0 Å². The predicted octanol–water partition coefficient (Wildman–Crippen LogP) is 0.369. The highest BCUT2D eigenvalue weighted by Gasteiger charge is 2.27. The molecule has 1 fully saturated rings. The Morgan fingerprint density at radius 3 is 2.82 bits per heavy atom. The molecule has 1 heterocycles. The zero-order valence-corrected chi connectivity index (χ0v) is 9.72. The molecule has 0 bridgehead atoms. The highest BCUT2D eigenvalue weighted by molar-refractivity contribution is 5.93. The van der Waals surface area contributed by atoms with E-state index in [0.29, 0.717) is 18.1 Å². The van der Waals surface area contributed by atoms with Gasteiger partial charge < -0.3 is 15.7 Å². The summed E-state index contributed by atoms with van der Waals surface area (Å²) in [7, 11) is 0. The minimum atomic E-state index is -0.129. The first kappa shape index (κ1) is 11.9. The summed E-state index contributed by atoms with van der Waals surface area (Å²) in [5.74, 6) is 0.180. The number of rotatable bonds is 4. The van der Waals surface area contributed by atoms with E-state index in [2.05, 4.69) is 10.2 Å². The maximum atomic E-state index is 12.2. The number of carbonyl (C=O) groups is 1. The monoisotopic (exact) mass is 238 g/mol. The van der Waals surface area contributed by atoms with Gasteiger partial charge in [0.15, 0.2) is 0 Å². The van der Waals surface area contributed by atoms with E-state index >= 15 is 0 Å². The van der Waals surface area contributed by atoms with Crippen LogP contribution in [0, 0.1) is 0 Å². The first-order valence-corrected chi connectivity index (χ1v) is 5.95. The summed E-state index contributed by atoms with van der Waals surface area (Å²) < 4.78 is 0. The molecule has 0 unspecified atom stereocenters. The Kier molecular flexibility index (Phi) is 3.63. The van der Waals surface area contributed by atoms with Gasteiger partial charge in [0.25, 0.3) is 5.91 Å². The summed E-state index contributed by atoms with van der Waals surface area (Å²) in [5, 5.41) is 15.4. The van der Waals surface area contributed by atoms with Gasteiger partial charge in [-0.15, -0.1) is 0 Å². The highest BCUT2D eigenvalue weighted by atomic mass is 16.3. The molecule has 2 rings (SSSR count). The van der Waals surface area contributed by atoms with Crippen LogP contribution in [0.2, 0.25) is 0 Å². The Balaban J connectivity index is 2.12. The molecule has 0 radical (unpaired) electrons. The van der Waals surface area contributed by atoms with E-state index in [1.165, 1.54) is 6.07 Å². The van der Waals surface area contributed by atoms with Gasteiger partial charge in [-0.25, -0.2) is 0 Å². The first-order valence-electron chi connectivity index (χ1n) is 5.95. The van der Waals surface area contributed by atoms with E-state index in [1.807, 2.05) is 0 Å². The number of H-pyrrole nitrogens is 1. The average Bonchev–Trinajstić information content (AvgIpc) is 2.95. The van der Waals surface area contributed by atoms with Gasteiger partial charge in [0.1, 0.15) is 11.5 Å². The fourth-order valence-corrected chi connectivity index (χ4v) is 2.38. The molecule has 1 aliphatic carbocycles. The fraction of sp³-hybridized carbons (Fsp3) is 0.636. The van der Waals surface area contributed by atoms with Crippen molar-refractivity contribution in [3.8, 4) is 0 Å². The number of nitrogen functional groups attached to an aromatic ring is 1. The number of anilines is 1. The number of nitrogens with two attached hydrogens (primary N) is 1. The molecule has 0 atom stereocenters. The number of nitrogens with one attached hydrogen (secondary N) is 1. The Bertz CT molecular complexity index is 385. The third-order valence-corrected chi connectivity index (χ3v) is 3.20. The van der Waals surface area contributed by atoms with E-state index < -0.39 is 0 Å². The number of aliphatic hydroxyl groups is 1. The van der Waals surface area contributed by atoms with Gasteiger partial charge in [-0.05, 0) is 12.8 Å². The first-order chi connectivity index (χ1) is 8.22. The van der Waals surface area contributed by atoms with Crippen LogP contribution < -0.4 is 5.73 Å². The van der Waals surface area contributed by atoms with Crippen LogP contribution >= 0.6 is 0 Å². The van der Waals surface area contributed by atoms with Gasteiger partial charge in [-0.1, -0.05) is 12.8 Å². The van der Waals surface area contributed by atoms with Crippen molar-refractivity contribution < 1.29 is 9.90 Å². The van der Waals surface area contributed by atoms with Crippen LogP contribution in [0.4, 0.5) is 5.82 Å². The molecule has 1 amide bonds. The number of carbonyl (C=O) groups excluding carboxylic acids is 1. The molecule has 0 saturated heterocycles. The van der Waals surface area contributed by atoms with Crippen LogP contribution in [0.1, 0.15) is 36.2 Å². The number of nitrogens with zero attached hydrogens (tertiary/aromatic N) is 2. The number of aromatic nitrogens is 2. The lowest BCUT2D eigenvalue weighted by atomic mass is 10.2. The Hall–Kier alpha value is -1.56. The molecule has 1 aromatic rings. The molecule has 0 aromatic carbocycles. The number of aliphatic hydroxyl groups excluding tert-OH is 1. The molecule has 1 aromatic heterocycles. The van der Waals surface area contributed by atoms with E-state index in [9.17, 15) is 4.79 Å². The van der Waals surface area contributed by atoms with Crippen LogP contribution in [0.5, 0.6) is 0 Å². The summed E-state index contributed by atoms with van der Waals surface area (Å²) in [6.07, 6.45) is 4.31. The SMILES string of the molecule is Nc1cc(C(=O)N(CCO)C2CCCC2)[nH]n1. The Labute approximate surface area is 99.8 Å². The number of hydrogen-bond donors (Lipinski definition) is 3. The van der Waals surface area contributed by atoms with Crippen molar-refractivity contribution in [1.82, 2.24) is 15.1 Å². The third-order valence-electron chi connectivity index (χ3n) is 3.20. The molecule has 94 valence electrons. The predicted molar refractivity (Wildman–Crippen MR) is 63.4 cm³/mol. The molecule has 6 heteroatoms. The van der Waals surface area contributed by atoms with Crippen molar-refractivity contribution in [2.45, 2.75) is 31.7 Å². The summed E-state index contributed by atoms with van der Waals surface area (Å²) >= 11 is 0. The van der Waals surface area contributed by atoms with E-state index in [0.717, 1.165) is 25.7 Å². The molecular weight excluding hydrogens is 220 g/mol. The average molecular weight is 238 g/mol. The zero-order valence-electron chi connectivity index (χ0n) is 9.72. The summed E-state index contributed by atoms with van der Waals surface area (Å²) in [5.41, 5.74) is 5.87. The quantitative estimate of drug-likeness (QED) is 0.706. The third kappa shape index (κ3) is 2.58. The summed E-state index contributed by atoms with van der Waals surface area (Å²) in [4.78, 5) is 13.9. The van der Waals surface area contributed by atoms with E-state index in [4.69, 9.17) is 10.8 Å². The van der Waals surface area contributed by atoms with Crippen LogP contribution in [0.15, 0.2) is 6.07 Å². The minimum Gasteiger partial charge on any atom is -0.395 e. The van der Waals surface area contributed by atoms with Crippen LogP contribution in [-0.4, -0.2) is 45.3 Å². The maximum Gasteiger partial charge on any atom is 0.272 e. The van der Waals surface area contributed by atoms with Gasteiger partial charge >= 0.3 is 0 Å². The molecule has 0 aliphatic heterocycles.